The molecule has 9 heteroatoms. The van der Waals surface area contributed by atoms with Gasteiger partial charge in [-0.25, -0.2) is 4.31 Å². The molecule has 2 amide bonds. The molecule has 0 aliphatic carbocycles. The Balaban J connectivity index is 2.11. The van der Waals surface area contributed by atoms with Gasteiger partial charge < -0.3 is 10.2 Å². The molecule has 1 atom stereocenters. The van der Waals surface area contributed by atoms with Crippen molar-refractivity contribution >= 4 is 27.7 Å². The van der Waals surface area contributed by atoms with Gasteiger partial charge in [-0.3, -0.25) is 9.59 Å². The van der Waals surface area contributed by atoms with Gasteiger partial charge in [-0.2, -0.15) is 12.7 Å². The maximum Gasteiger partial charge on any atom is 0.304 e. The average molecular weight is 565 g/mol. The molecule has 0 aliphatic heterocycles. The second-order valence-electron chi connectivity index (χ2n) is 10.2. The number of amides is 2. The number of anilines is 1. The van der Waals surface area contributed by atoms with Crippen molar-refractivity contribution in [3.05, 3.63) is 101 Å². The highest BCUT2D eigenvalue weighted by atomic mass is 32.2. The van der Waals surface area contributed by atoms with Crippen molar-refractivity contribution in [2.75, 3.05) is 31.5 Å². The third-order valence-electron chi connectivity index (χ3n) is 6.71. The maximum atomic E-state index is 14.2. The monoisotopic (exact) mass is 564 g/mol. The van der Waals surface area contributed by atoms with Crippen LogP contribution in [-0.4, -0.2) is 62.7 Å². The molecular weight excluding hydrogens is 524 g/mol. The summed E-state index contributed by atoms with van der Waals surface area (Å²) in [6, 6.07) is 21.9. The molecule has 3 aromatic carbocycles. The van der Waals surface area contributed by atoms with Crippen LogP contribution >= 0.6 is 0 Å². The normalized spacial score (nSPS) is 12.2. The molecule has 214 valence electrons. The Kier molecular flexibility index (Phi) is 10.5. The molecule has 0 radical (unpaired) electrons. The molecule has 0 aliphatic rings. The van der Waals surface area contributed by atoms with Crippen LogP contribution in [0.5, 0.6) is 0 Å². The average Bonchev–Trinajstić information content (AvgIpc) is 2.91. The fraction of sp³-hybridized carbons (Fsp3) is 0.355. The van der Waals surface area contributed by atoms with Crippen LogP contribution < -0.4 is 9.62 Å². The molecule has 0 bridgehead atoms. The Morgan fingerprint density at radius 1 is 0.850 bits per heavy atom. The van der Waals surface area contributed by atoms with E-state index in [1.807, 2.05) is 94.4 Å². The van der Waals surface area contributed by atoms with Crippen LogP contribution in [0.4, 0.5) is 5.69 Å². The number of carbonyl (C=O) groups excluding carboxylic acids is 2. The van der Waals surface area contributed by atoms with Crippen LogP contribution in [0.1, 0.15) is 34.7 Å². The summed E-state index contributed by atoms with van der Waals surface area (Å²) < 4.78 is 29.3. The molecule has 8 nitrogen and oxygen atoms in total. The van der Waals surface area contributed by atoms with Crippen molar-refractivity contribution in [2.24, 2.45) is 0 Å². The first kappa shape index (κ1) is 30.8. The zero-order valence-corrected chi connectivity index (χ0v) is 25.0. The molecule has 3 rings (SSSR count). The number of rotatable bonds is 12. The number of nitrogens with zero attached hydrogens (tertiary/aromatic N) is 3. The van der Waals surface area contributed by atoms with E-state index >= 15 is 0 Å². The number of nitrogens with one attached hydrogen (secondary N) is 1. The summed E-state index contributed by atoms with van der Waals surface area (Å²) in [6.07, 6.45) is 0.286. The van der Waals surface area contributed by atoms with Gasteiger partial charge in [0.1, 0.15) is 12.6 Å². The number of hydrogen-bond acceptors (Lipinski definition) is 4. The number of aryl methyl sites for hydroxylation is 3. The second-order valence-corrected chi connectivity index (χ2v) is 12.3. The van der Waals surface area contributed by atoms with Gasteiger partial charge in [0.05, 0.1) is 5.69 Å². The zero-order valence-electron chi connectivity index (χ0n) is 24.2. The van der Waals surface area contributed by atoms with Crippen LogP contribution in [-0.2, 0) is 32.8 Å². The second kappa shape index (κ2) is 13.6. The number of hydrogen-bond donors (Lipinski definition) is 1. The fourth-order valence-corrected chi connectivity index (χ4v) is 5.66. The highest BCUT2D eigenvalue weighted by molar-refractivity contribution is 7.90. The molecule has 0 saturated heterocycles. The highest BCUT2D eigenvalue weighted by Gasteiger charge is 2.35. The molecule has 0 aromatic heterocycles. The third-order valence-corrected chi connectivity index (χ3v) is 8.52. The first-order valence-corrected chi connectivity index (χ1v) is 14.8. The smallest absolute Gasteiger partial charge is 0.304 e. The lowest BCUT2D eigenvalue weighted by atomic mass is 10.0. The van der Waals surface area contributed by atoms with Gasteiger partial charge in [0.2, 0.25) is 11.8 Å². The summed E-state index contributed by atoms with van der Waals surface area (Å²) in [7, 11) is -1.16. The summed E-state index contributed by atoms with van der Waals surface area (Å²) in [5, 5.41) is 2.88. The molecular formula is C31H40N4O4S. The first-order chi connectivity index (χ1) is 18.9. The Labute approximate surface area is 238 Å². The van der Waals surface area contributed by atoms with Crippen molar-refractivity contribution in [2.45, 2.75) is 46.7 Å². The lowest BCUT2D eigenvalue weighted by molar-refractivity contribution is -0.140. The Bertz CT molecular complexity index is 1420. The topological polar surface area (TPSA) is 90.0 Å². The SMILES string of the molecule is CCNC(=O)[C@@H](Cc1ccccc1)N(Cc1cccc(C)c1)C(=O)CN(c1cc(C)ccc1C)S(=O)(=O)N(C)C. The van der Waals surface area contributed by atoms with Gasteiger partial charge in [0.15, 0.2) is 0 Å². The van der Waals surface area contributed by atoms with Crippen molar-refractivity contribution in [1.29, 1.82) is 0 Å². The van der Waals surface area contributed by atoms with Gasteiger partial charge in [-0.1, -0.05) is 72.3 Å². The Morgan fingerprint density at radius 3 is 2.12 bits per heavy atom. The number of benzene rings is 3. The summed E-state index contributed by atoms with van der Waals surface area (Å²) in [5.41, 5.74) is 4.79. The van der Waals surface area contributed by atoms with E-state index in [9.17, 15) is 18.0 Å². The van der Waals surface area contributed by atoms with Crippen molar-refractivity contribution in [3.63, 3.8) is 0 Å². The van der Waals surface area contributed by atoms with Gasteiger partial charge in [-0.05, 0) is 56.0 Å². The largest absolute Gasteiger partial charge is 0.355 e. The molecule has 1 N–H and O–H groups in total. The van der Waals surface area contributed by atoms with Crippen molar-refractivity contribution in [1.82, 2.24) is 14.5 Å². The van der Waals surface area contributed by atoms with E-state index in [-0.39, 0.29) is 18.9 Å². The van der Waals surface area contributed by atoms with Crippen molar-refractivity contribution < 1.29 is 18.0 Å². The highest BCUT2D eigenvalue weighted by Crippen LogP contribution is 2.26. The zero-order chi connectivity index (χ0) is 29.4. The Morgan fingerprint density at radius 2 is 1.50 bits per heavy atom. The van der Waals surface area contributed by atoms with E-state index in [0.717, 1.165) is 36.4 Å². The third kappa shape index (κ3) is 7.70. The van der Waals surface area contributed by atoms with Gasteiger partial charge in [-0.15, -0.1) is 0 Å². The molecule has 0 fully saturated rings. The van der Waals surface area contributed by atoms with E-state index in [2.05, 4.69) is 5.32 Å². The molecule has 0 saturated carbocycles. The van der Waals surface area contributed by atoms with Crippen LogP contribution in [0.25, 0.3) is 0 Å². The van der Waals surface area contributed by atoms with Crippen LogP contribution in [0.3, 0.4) is 0 Å². The summed E-state index contributed by atoms with van der Waals surface area (Å²) in [4.78, 5) is 29.2. The molecule has 3 aromatic rings. The van der Waals surface area contributed by atoms with Gasteiger partial charge in [0.25, 0.3) is 0 Å². The first-order valence-electron chi connectivity index (χ1n) is 13.4. The van der Waals surface area contributed by atoms with E-state index in [1.54, 1.807) is 6.07 Å². The fourth-order valence-electron chi connectivity index (χ4n) is 4.54. The van der Waals surface area contributed by atoms with Gasteiger partial charge >= 0.3 is 10.2 Å². The lowest BCUT2D eigenvalue weighted by Crippen LogP contribution is -2.54. The molecule has 0 unspecified atom stereocenters. The van der Waals surface area contributed by atoms with Gasteiger partial charge in [0, 0.05) is 33.6 Å². The lowest BCUT2D eigenvalue weighted by Gasteiger charge is -2.35. The Hall–Kier alpha value is -3.69. The van der Waals surface area contributed by atoms with E-state index in [1.165, 1.54) is 19.0 Å². The predicted octanol–water partition coefficient (Wildman–Crippen LogP) is 4.00. The van der Waals surface area contributed by atoms with Crippen molar-refractivity contribution in [3.8, 4) is 0 Å². The minimum absolute atomic E-state index is 0.151. The number of likely N-dealkylation sites (N-methyl/N-ethyl adjacent to an activating group) is 1. The standard InChI is InChI=1S/C31H40N4O4S/c1-7-32-31(37)29(20-26-13-9-8-10-14-26)34(21-27-15-11-12-23(2)18-27)30(36)22-35(40(38,39)33(5)6)28-19-24(3)16-17-25(28)4/h8-19,29H,7,20-22H2,1-6H3,(H,32,37)/t29-/m1/s1. The summed E-state index contributed by atoms with van der Waals surface area (Å²) >= 11 is 0. The molecule has 0 spiro atoms. The minimum atomic E-state index is -4.04. The molecule has 40 heavy (non-hydrogen) atoms. The van der Waals surface area contributed by atoms with Crippen LogP contribution in [0.2, 0.25) is 0 Å². The minimum Gasteiger partial charge on any atom is -0.355 e. The number of carbonyl (C=O) groups is 2. The van der Waals surface area contributed by atoms with Crippen LogP contribution in [0.15, 0.2) is 72.8 Å². The van der Waals surface area contributed by atoms with E-state index < -0.39 is 28.7 Å². The quantitative estimate of drug-likeness (QED) is 0.360. The summed E-state index contributed by atoms with van der Waals surface area (Å²) in [5.74, 6) is -0.763. The predicted molar refractivity (Wildman–Crippen MR) is 160 cm³/mol. The van der Waals surface area contributed by atoms with E-state index in [0.29, 0.717) is 12.2 Å². The van der Waals surface area contributed by atoms with Crippen LogP contribution in [0, 0.1) is 20.8 Å². The van der Waals surface area contributed by atoms with E-state index in [4.69, 9.17) is 0 Å². The molecule has 0 heterocycles. The maximum absolute atomic E-state index is 14.2. The summed E-state index contributed by atoms with van der Waals surface area (Å²) in [6.45, 7) is 7.58.